The van der Waals surface area contributed by atoms with Gasteiger partial charge in [0.25, 0.3) is 5.91 Å². The Balaban J connectivity index is 0.00000243. The molecule has 1 aromatic rings. The van der Waals surface area contributed by atoms with Crippen LogP contribution in [0.15, 0.2) is 17.2 Å². The van der Waals surface area contributed by atoms with Crippen molar-refractivity contribution in [2.45, 2.75) is 43.0 Å². The second kappa shape index (κ2) is 8.73. The molecule has 0 saturated carbocycles. The van der Waals surface area contributed by atoms with Gasteiger partial charge in [-0.05, 0) is 44.8 Å². The van der Waals surface area contributed by atoms with Crippen molar-refractivity contribution in [2.24, 2.45) is 7.05 Å². The summed E-state index contributed by atoms with van der Waals surface area (Å²) in [4.78, 5) is 14.8. The molecular formula is C17H29ClN4O3S. The summed E-state index contributed by atoms with van der Waals surface area (Å²) in [7, 11) is 0.0285. The molecule has 0 bridgehead atoms. The molecule has 0 aromatic carbocycles. The van der Waals surface area contributed by atoms with Crippen LogP contribution in [0.5, 0.6) is 0 Å². The second-order valence-electron chi connectivity index (χ2n) is 7.03. The molecule has 9 heteroatoms. The number of rotatable bonds is 4. The Labute approximate surface area is 162 Å². The molecule has 7 nitrogen and oxygen atoms in total. The highest BCUT2D eigenvalue weighted by atomic mass is 35.5. The normalized spacial score (nSPS) is 19.8. The molecule has 1 amide bonds. The monoisotopic (exact) mass is 404 g/mol. The van der Waals surface area contributed by atoms with Crippen molar-refractivity contribution >= 4 is 28.3 Å². The third-order valence-corrected chi connectivity index (χ3v) is 7.19. The van der Waals surface area contributed by atoms with Crippen molar-refractivity contribution in [3.8, 4) is 0 Å². The Morgan fingerprint density at radius 2 is 1.81 bits per heavy atom. The van der Waals surface area contributed by atoms with Gasteiger partial charge in [0.05, 0.1) is 0 Å². The molecule has 0 spiro atoms. The molecule has 1 N–H and O–H groups in total. The van der Waals surface area contributed by atoms with Crippen molar-refractivity contribution < 1.29 is 13.2 Å². The molecule has 0 aliphatic carbocycles. The van der Waals surface area contributed by atoms with Gasteiger partial charge >= 0.3 is 0 Å². The average molecular weight is 405 g/mol. The molecule has 0 unspecified atom stereocenters. The number of hydrogen-bond donors (Lipinski definition) is 1. The van der Waals surface area contributed by atoms with E-state index >= 15 is 0 Å². The summed E-state index contributed by atoms with van der Waals surface area (Å²) in [5.41, 5.74) is 0.427. The molecule has 3 rings (SSSR count). The number of nitrogens with one attached hydrogen (secondary N) is 1. The van der Waals surface area contributed by atoms with E-state index in [2.05, 4.69) is 5.32 Å². The van der Waals surface area contributed by atoms with Crippen LogP contribution in [-0.4, -0.2) is 67.4 Å². The smallest absolute Gasteiger partial charge is 0.270 e. The highest BCUT2D eigenvalue weighted by Crippen LogP contribution is 2.23. The molecule has 148 valence electrons. The zero-order chi connectivity index (χ0) is 18.0. The number of hydrogen-bond acceptors (Lipinski definition) is 4. The molecule has 3 heterocycles. The number of carbonyl (C=O) groups is 1. The fourth-order valence-electron chi connectivity index (χ4n) is 3.68. The van der Waals surface area contributed by atoms with Gasteiger partial charge in [-0.1, -0.05) is 6.42 Å². The molecule has 2 aliphatic heterocycles. The van der Waals surface area contributed by atoms with E-state index in [1.807, 2.05) is 7.05 Å². The Bertz CT molecular complexity index is 722. The standard InChI is InChI=1S/C17H28N4O3S.ClH/c1-19-13-15(25(23,24)21-10-4-3-5-11-21)12-16(19)17(22)20(2)14-6-8-18-9-7-14;/h12-14,18H,3-11H2,1-2H3;1H. The first-order valence-corrected chi connectivity index (χ1v) is 10.5. The number of carbonyl (C=O) groups excluding carboxylic acids is 1. The lowest BCUT2D eigenvalue weighted by Crippen LogP contribution is -2.44. The fourth-order valence-corrected chi connectivity index (χ4v) is 5.27. The number of amides is 1. The minimum atomic E-state index is -3.52. The third-order valence-electron chi connectivity index (χ3n) is 5.33. The van der Waals surface area contributed by atoms with Crippen molar-refractivity contribution in [1.29, 1.82) is 0 Å². The first-order chi connectivity index (χ1) is 11.9. The van der Waals surface area contributed by atoms with Gasteiger partial charge in [0.2, 0.25) is 10.0 Å². The molecule has 26 heavy (non-hydrogen) atoms. The van der Waals surface area contributed by atoms with Crippen LogP contribution in [0.3, 0.4) is 0 Å². The van der Waals surface area contributed by atoms with E-state index in [9.17, 15) is 13.2 Å². The number of aromatic nitrogens is 1. The van der Waals surface area contributed by atoms with Crippen LogP contribution in [0.1, 0.15) is 42.6 Å². The SMILES string of the molecule is CN(C(=O)c1cc(S(=O)(=O)N2CCCCC2)cn1C)C1CCNCC1.Cl. The van der Waals surface area contributed by atoms with Gasteiger partial charge in [-0.2, -0.15) is 4.31 Å². The van der Waals surface area contributed by atoms with Crippen molar-refractivity contribution in [3.05, 3.63) is 18.0 Å². The molecule has 0 atom stereocenters. The van der Waals surface area contributed by atoms with Crippen molar-refractivity contribution in [3.63, 3.8) is 0 Å². The van der Waals surface area contributed by atoms with Gasteiger partial charge in [-0.15, -0.1) is 12.4 Å². The maximum Gasteiger partial charge on any atom is 0.270 e. The second-order valence-corrected chi connectivity index (χ2v) is 8.97. The molecule has 2 aliphatic rings. The van der Waals surface area contributed by atoms with E-state index in [1.54, 1.807) is 22.7 Å². The van der Waals surface area contributed by atoms with Crippen molar-refractivity contribution in [2.75, 3.05) is 33.2 Å². The summed E-state index contributed by atoms with van der Waals surface area (Å²) < 4.78 is 28.8. The molecule has 0 radical (unpaired) electrons. The molecule has 2 fully saturated rings. The van der Waals surface area contributed by atoms with Gasteiger partial charge in [0, 0.05) is 39.4 Å². The highest BCUT2D eigenvalue weighted by molar-refractivity contribution is 7.89. The van der Waals surface area contributed by atoms with Crippen LogP contribution in [0.25, 0.3) is 0 Å². The van der Waals surface area contributed by atoms with Gasteiger partial charge < -0.3 is 14.8 Å². The number of piperidine rings is 2. The number of nitrogens with zero attached hydrogens (tertiary/aromatic N) is 3. The summed E-state index contributed by atoms with van der Waals surface area (Å²) in [6, 6.07) is 1.73. The van der Waals surface area contributed by atoms with E-state index in [0.717, 1.165) is 45.2 Å². The number of halogens is 1. The summed E-state index contributed by atoms with van der Waals surface area (Å²) in [6.07, 6.45) is 6.28. The lowest BCUT2D eigenvalue weighted by Gasteiger charge is -2.31. The maximum absolute atomic E-state index is 12.9. The fraction of sp³-hybridized carbons (Fsp3) is 0.706. The van der Waals surface area contributed by atoms with Crippen LogP contribution in [0.2, 0.25) is 0 Å². The van der Waals surface area contributed by atoms with Crippen molar-refractivity contribution in [1.82, 2.24) is 19.1 Å². The zero-order valence-corrected chi connectivity index (χ0v) is 17.1. The predicted molar refractivity (Wildman–Crippen MR) is 103 cm³/mol. The molecule has 2 saturated heterocycles. The first-order valence-electron chi connectivity index (χ1n) is 9.05. The Morgan fingerprint density at radius 1 is 1.19 bits per heavy atom. The first kappa shape index (κ1) is 21.2. The van der Waals surface area contributed by atoms with Crippen LogP contribution in [0, 0.1) is 0 Å². The van der Waals surface area contributed by atoms with Gasteiger partial charge in [-0.25, -0.2) is 8.42 Å². The quantitative estimate of drug-likeness (QED) is 0.824. The van der Waals surface area contributed by atoms with Gasteiger partial charge in [0.15, 0.2) is 0 Å². The lowest BCUT2D eigenvalue weighted by molar-refractivity contribution is 0.0693. The van der Waals surface area contributed by atoms with Crippen LogP contribution in [-0.2, 0) is 17.1 Å². The van der Waals surface area contributed by atoms with E-state index in [1.165, 1.54) is 10.4 Å². The maximum atomic E-state index is 12.9. The van der Waals surface area contributed by atoms with E-state index in [0.29, 0.717) is 18.8 Å². The number of aryl methyl sites for hydroxylation is 1. The summed E-state index contributed by atoms with van der Waals surface area (Å²) in [5.74, 6) is -0.116. The average Bonchev–Trinajstić information content (AvgIpc) is 3.04. The summed E-state index contributed by atoms with van der Waals surface area (Å²) >= 11 is 0. The topological polar surface area (TPSA) is 74.7 Å². The van der Waals surface area contributed by atoms with Crippen LogP contribution < -0.4 is 5.32 Å². The Morgan fingerprint density at radius 3 is 2.42 bits per heavy atom. The van der Waals surface area contributed by atoms with E-state index in [-0.39, 0.29) is 29.3 Å². The Kier molecular flexibility index (Phi) is 7.12. The van der Waals surface area contributed by atoms with Gasteiger partial charge in [0.1, 0.15) is 10.6 Å². The van der Waals surface area contributed by atoms with Crippen LogP contribution in [0.4, 0.5) is 0 Å². The minimum absolute atomic E-state index is 0. The van der Waals surface area contributed by atoms with Gasteiger partial charge in [-0.3, -0.25) is 4.79 Å². The minimum Gasteiger partial charge on any atom is -0.345 e. The van der Waals surface area contributed by atoms with E-state index in [4.69, 9.17) is 0 Å². The summed E-state index contributed by atoms with van der Waals surface area (Å²) in [6.45, 7) is 2.94. The highest BCUT2D eigenvalue weighted by Gasteiger charge is 2.30. The summed E-state index contributed by atoms with van der Waals surface area (Å²) in [5, 5.41) is 3.29. The number of sulfonamides is 1. The zero-order valence-electron chi connectivity index (χ0n) is 15.5. The Hall–Kier alpha value is -1.09. The van der Waals surface area contributed by atoms with Crippen LogP contribution >= 0.6 is 12.4 Å². The van der Waals surface area contributed by atoms with E-state index < -0.39 is 10.0 Å². The lowest BCUT2D eigenvalue weighted by atomic mass is 10.1. The largest absolute Gasteiger partial charge is 0.345 e. The molecular weight excluding hydrogens is 376 g/mol. The predicted octanol–water partition coefficient (Wildman–Crippen LogP) is 1.45. The third kappa shape index (κ3) is 4.24. The molecule has 1 aromatic heterocycles.